The minimum atomic E-state index is -3.26. The lowest BCUT2D eigenvalue weighted by molar-refractivity contribution is 0.305. The van der Waals surface area contributed by atoms with Crippen LogP contribution in [0, 0.1) is 0 Å². The minimum absolute atomic E-state index is 0.201. The van der Waals surface area contributed by atoms with Gasteiger partial charge in [0.15, 0.2) is 0 Å². The molecule has 4 heteroatoms. The molecule has 0 amide bonds. The smallest absolute Gasteiger partial charge is 0.267 e. The van der Waals surface area contributed by atoms with Crippen LogP contribution in [0.15, 0.2) is 0 Å². The molecular weight excluding hydrogens is 272 g/mol. The number of hydrogen-bond donors (Lipinski definition) is 0. The Morgan fingerprint density at radius 3 is 1.30 bits per heavy atom. The second-order valence-corrected chi connectivity index (χ2v) is 7.79. The quantitative estimate of drug-likeness (QED) is 0.603. The van der Waals surface area contributed by atoms with Crippen LogP contribution in [0.5, 0.6) is 0 Å². The Morgan fingerprint density at radius 2 is 0.850 bits per heavy atom. The van der Waals surface area contributed by atoms with E-state index in [1.54, 1.807) is 0 Å². The Balaban J connectivity index is 2.22. The van der Waals surface area contributed by atoms with E-state index in [-0.39, 0.29) is 5.75 Å². The van der Waals surface area contributed by atoms with Gasteiger partial charge in [-0.05, 0) is 12.8 Å². The van der Waals surface area contributed by atoms with Crippen LogP contribution in [0.25, 0.3) is 0 Å². The minimum Gasteiger partial charge on any atom is -0.270 e. The van der Waals surface area contributed by atoms with Gasteiger partial charge < -0.3 is 0 Å². The molecule has 1 aliphatic rings. The van der Waals surface area contributed by atoms with E-state index in [2.05, 4.69) is 0 Å². The highest BCUT2D eigenvalue weighted by molar-refractivity contribution is 7.86. The molecule has 20 heavy (non-hydrogen) atoms. The van der Waals surface area contributed by atoms with Crippen molar-refractivity contribution in [1.29, 1.82) is 0 Å². The van der Waals surface area contributed by atoms with Crippen molar-refractivity contribution >= 4 is 10.1 Å². The summed E-state index contributed by atoms with van der Waals surface area (Å²) in [6.07, 6.45) is 16.8. The van der Waals surface area contributed by atoms with Crippen LogP contribution in [0.2, 0.25) is 0 Å². The maximum atomic E-state index is 11.6. The second kappa shape index (κ2) is 11.6. The Kier molecular flexibility index (Phi) is 10.4. The molecule has 0 unspecified atom stereocenters. The van der Waals surface area contributed by atoms with Crippen molar-refractivity contribution in [2.24, 2.45) is 0 Å². The van der Waals surface area contributed by atoms with E-state index in [0.717, 1.165) is 32.1 Å². The fourth-order valence-corrected chi connectivity index (χ4v) is 3.79. The monoisotopic (exact) mass is 304 g/mol. The van der Waals surface area contributed by atoms with Crippen LogP contribution in [0.1, 0.15) is 89.9 Å². The van der Waals surface area contributed by atoms with Crippen molar-refractivity contribution in [1.82, 2.24) is 0 Å². The van der Waals surface area contributed by atoms with Crippen LogP contribution < -0.4 is 0 Å². The molecule has 0 atom stereocenters. The summed E-state index contributed by atoms with van der Waals surface area (Å²) in [6.45, 7) is 0.377. The molecule has 0 aromatic carbocycles. The van der Waals surface area contributed by atoms with Crippen LogP contribution in [-0.2, 0) is 14.3 Å². The molecule has 0 aromatic heterocycles. The Morgan fingerprint density at radius 1 is 0.500 bits per heavy atom. The first-order chi connectivity index (χ1) is 9.71. The molecule has 0 saturated carbocycles. The molecular formula is C16H32O3S. The highest BCUT2D eigenvalue weighted by Gasteiger charge is 2.10. The fraction of sp³-hybridized carbons (Fsp3) is 1.00. The van der Waals surface area contributed by atoms with E-state index in [4.69, 9.17) is 4.18 Å². The SMILES string of the molecule is O=S1(=O)CCCCCCCCCCCCCCCCO1. The number of rotatable bonds is 0. The second-order valence-electron chi connectivity index (χ2n) is 6.03. The third-order valence-corrected chi connectivity index (χ3v) is 5.37. The van der Waals surface area contributed by atoms with Crippen molar-refractivity contribution < 1.29 is 12.6 Å². The number of hydrogen-bond acceptors (Lipinski definition) is 3. The van der Waals surface area contributed by atoms with E-state index in [1.807, 2.05) is 0 Å². The topological polar surface area (TPSA) is 43.4 Å². The fourth-order valence-electron chi connectivity index (χ4n) is 2.75. The predicted molar refractivity (Wildman–Crippen MR) is 84.4 cm³/mol. The van der Waals surface area contributed by atoms with Gasteiger partial charge >= 0.3 is 0 Å². The Bertz CT molecular complexity index is 288. The van der Waals surface area contributed by atoms with Gasteiger partial charge in [-0.1, -0.05) is 77.0 Å². The standard InChI is InChI=1S/C16H32O3S/c17-20(18)16-14-12-10-8-6-4-2-1-3-5-7-9-11-13-15-19-20/h1-16H2. The normalized spacial score (nSPS) is 25.4. The van der Waals surface area contributed by atoms with Crippen LogP contribution >= 0.6 is 0 Å². The van der Waals surface area contributed by atoms with Crippen molar-refractivity contribution in [2.75, 3.05) is 12.4 Å². The van der Waals surface area contributed by atoms with Crippen LogP contribution in [0.4, 0.5) is 0 Å². The largest absolute Gasteiger partial charge is 0.270 e. The van der Waals surface area contributed by atoms with E-state index < -0.39 is 10.1 Å². The van der Waals surface area contributed by atoms with Gasteiger partial charge in [0.1, 0.15) is 0 Å². The first-order valence-electron chi connectivity index (χ1n) is 8.58. The van der Waals surface area contributed by atoms with Crippen molar-refractivity contribution in [3.63, 3.8) is 0 Å². The molecule has 0 aromatic rings. The lowest BCUT2D eigenvalue weighted by Crippen LogP contribution is -2.11. The maximum Gasteiger partial charge on any atom is 0.267 e. The van der Waals surface area contributed by atoms with Gasteiger partial charge in [0.05, 0.1) is 12.4 Å². The van der Waals surface area contributed by atoms with E-state index in [1.165, 1.54) is 57.8 Å². The molecule has 1 heterocycles. The zero-order valence-corrected chi connectivity index (χ0v) is 13.8. The third kappa shape index (κ3) is 10.7. The molecule has 1 fully saturated rings. The Labute approximate surface area is 125 Å². The summed E-state index contributed by atoms with van der Waals surface area (Å²) < 4.78 is 28.3. The zero-order valence-electron chi connectivity index (χ0n) is 12.9. The maximum absolute atomic E-state index is 11.6. The Hall–Kier alpha value is -0.0900. The first-order valence-corrected chi connectivity index (χ1v) is 10.2. The van der Waals surface area contributed by atoms with Crippen molar-refractivity contribution in [2.45, 2.75) is 89.9 Å². The molecule has 1 aliphatic heterocycles. The van der Waals surface area contributed by atoms with Gasteiger partial charge in [0.2, 0.25) is 0 Å². The summed E-state index contributed by atoms with van der Waals surface area (Å²) in [6, 6.07) is 0. The molecule has 0 bridgehead atoms. The molecule has 0 aliphatic carbocycles. The highest BCUT2D eigenvalue weighted by atomic mass is 32.2. The zero-order chi connectivity index (χ0) is 14.5. The molecule has 0 N–H and O–H groups in total. The van der Waals surface area contributed by atoms with Gasteiger partial charge in [-0.2, -0.15) is 8.42 Å². The molecule has 3 nitrogen and oxygen atoms in total. The summed E-state index contributed by atoms with van der Waals surface area (Å²) in [5, 5.41) is 0. The average Bonchev–Trinajstić information content (AvgIpc) is 2.41. The lowest BCUT2D eigenvalue weighted by Gasteiger charge is -2.07. The van der Waals surface area contributed by atoms with Gasteiger partial charge in [-0.25, -0.2) is 0 Å². The lowest BCUT2D eigenvalue weighted by atomic mass is 10.0. The molecule has 120 valence electrons. The van der Waals surface area contributed by atoms with Crippen molar-refractivity contribution in [3.05, 3.63) is 0 Å². The van der Waals surface area contributed by atoms with E-state index in [0.29, 0.717) is 6.61 Å². The van der Waals surface area contributed by atoms with Gasteiger partial charge in [0.25, 0.3) is 10.1 Å². The van der Waals surface area contributed by atoms with E-state index in [9.17, 15) is 8.42 Å². The molecule has 1 saturated heterocycles. The molecule has 1 rings (SSSR count). The summed E-state index contributed by atoms with van der Waals surface area (Å²) in [4.78, 5) is 0. The van der Waals surface area contributed by atoms with Gasteiger partial charge in [0, 0.05) is 0 Å². The van der Waals surface area contributed by atoms with Crippen molar-refractivity contribution in [3.8, 4) is 0 Å². The van der Waals surface area contributed by atoms with Gasteiger partial charge in [-0.3, -0.25) is 4.18 Å². The van der Waals surface area contributed by atoms with Crippen LogP contribution in [-0.4, -0.2) is 20.8 Å². The molecule has 0 spiro atoms. The average molecular weight is 304 g/mol. The van der Waals surface area contributed by atoms with E-state index >= 15 is 0 Å². The summed E-state index contributed by atoms with van der Waals surface area (Å²) in [5.41, 5.74) is 0. The predicted octanol–water partition coefficient (Wildman–Crippen LogP) is 4.81. The summed E-state index contributed by atoms with van der Waals surface area (Å²) in [5.74, 6) is 0.201. The van der Waals surface area contributed by atoms with Crippen LogP contribution in [0.3, 0.4) is 0 Å². The summed E-state index contributed by atoms with van der Waals surface area (Å²) >= 11 is 0. The van der Waals surface area contributed by atoms with Gasteiger partial charge in [-0.15, -0.1) is 0 Å². The molecule has 0 radical (unpaired) electrons. The highest BCUT2D eigenvalue weighted by Crippen LogP contribution is 2.14. The summed E-state index contributed by atoms with van der Waals surface area (Å²) in [7, 11) is -3.26. The first kappa shape index (κ1) is 18.0. The third-order valence-electron chi connectivity index (χ3n) is 4.05.